The molecule has 0 aliphatic carbocycles. The zero-order valence-corrected chi connectivity index (χ0v) is 20.8. The second-order valence-electron chi connectivity index (χ2n) is 8.54. The number of para-hydroxylation sites is 1. The van der Waals surface area contributed by atoms with Gasteiger partial charge in [-0.25, -0.2) is 9.78 Å². The first-order valence-electron chi connectivity index (χ1n) is 10.8. The van der Waals surface area contributed by atoms with Crippen molar-refractivity contribution in [3.63, 3.8) is 0 Å². The Kier molecular flexibility index (Phi) is 6.79. The molecule has 0 aliphatic rings. The van der Waals surface area contributed by atoms with E-state index in [1.54, 1.807) is 42.3 Å². The molecule has 0 spiro atoms. The van der Waals surface area contributed by atoms with Crippen LogP contribution in [0.4, 0.5) is 36.3 Å². The van der Waals surface area contributed by atoms with Crippen molar-refractivity contribution >= 4 is 41.6 Å². The van der Waals surface area contributed by atoms with Gasteiger partial charge in [0, 0.05) is 30.3 Å². The maximum absolute atomic E-state index is 13.8. The molecule has 2 aromatic carbocycles. The highest BCUT2D eigenvalue weighted by atomic mass is 31.2. The fraction of sp³-hybridized carbons (Fsp3) is 0.167. The molecule has 0 fully saturated rings. The number of aryl methyl sites for hydroxylation is 1. The summed E-state index contributed by atoms with van der Waals surface area (Å²) in [4.78, 5) is 19.2. The number of halogens is 3. The maximum atomic E-state index is 13.8. The van der Waals surface area contributed by atoms with Gasteiger partial charge < -0.3 is 20.3 Å². The predicted molar refractivity (Wildman–Crippen MR) is 135 cm³/mol. The lowest BCUT2D eigenvalue weighted by Crippen LogP contribution is -2.16. The third kappa shape index (κ3) is 5.80. The highest BCUT2D eigenvalue weighted by molar-refractivity contribution is 7.70. The highest BCUT2D eigenvalue weighted by Gasteiger charge is 2.36. The summed E-state index contributed by atoms with van der Waals surface area (Å²) >= 11 is 0. The molecule has 192 valence electrons. The molecule has 0 saturated carbocycles. The van der Waals surface area contributed by atoms with Crippen molar-refractivity contribution in [2.75, 3.05) is 24.0 Å². The summed E-state index contributed by atoms with van der Waals surface area (Å²) in [5, 5.41) is 19.2. The van der Waals surface area contributed by atoms with Gasteiger partial charge in [-0.15, -0.1) is 0 Å². The number of nitrogens with one attached hydrogen (secondary N) is 2. The second kappa shape index (κ2) is 9.70. The Balaban J connectivity index is 1.78. The summed E-state index contributed by atoms with van der Waals surface area (Å²) in [5.41, 5.74) is 0.491. The van der Waals surface area contributed by atoms with Gasteiger partial charge in [-0.3, -0.25) is 4.68 Å². The molecule has 2 aromatic heterocycles. The molecule has 0 radical (unpaired) electrons. The Morgan fingerprint density at radius 3 is 2.38 bits per heavy atom. The lowest BCUT2D eigenvalue weighted by atomic mass is 10.1. The second-order valence-corrected chi connectivity index (χ2v) is 11.7. The van der Waals surface area contributed by atoms with Gasteiger partial charge in [-0.2, -0.15) is 23.3 Å². The van der Waals surface area contributed by atoms with E-state index in [1.807, 2.05) is 0 Å². The van der Waals surface area contributed by atoms with Crippen LogP contribution in [-0.2, 0) is 17.8 Å². The molecule has 0 saturated heterocycles. The molecule has 37 heavy (non-hydrogen) atoms. The fourth-order valence-corrected chi connectivity index (χ4v) is 4.76. The molecular formula is C24H22F3N6O3P. The normalized spacial score (nSPS) is 11.8. The van der Waals surface area contributed by atoms with Crippen LogP contribution in [0.3, 0.4) is 0 Å². The van der Waals surface area contributed by atoms with E-state index in [9.17, 15) is 27.6 Å². The SMILES string of the molecule is Cn1cc(-c2ccc(Nc3nc(Nc4ccccc4C(=O)O)ncc3C(F)(F)F)c(P(C)(C)=O)c2)cn1. The van der Waals surface area contributed by atoms with E-state index in [2.05, 4.69) is 25.7 Å². The maximum Gasteiger partial charge on any atom is 0.421 e. The van der Waals surface area contributed by atoms with Gasteiger partial charge >= 0.3 is 12.1 Å². The molecule has 3 N–H and O–H groups in total. The van der Waals surface area contributed by atoms with Crippen LogP contribution in [0.25, 0.3) is 11.1 Å². The van der Waals surface area contributed by atoms with Crippen LogP contribution in [0, 0.1) is 0 Å². The van der Waals surface area contributed by atoms with Crippen LogP contribution in [0.1, 0.15) is 15.9 Å². The molecule has 0 bridgehead atoms. The van der Waals surface area contributed by atoms with Gasteiger partial charge in [0.25, 0.3) is 0 Å². The van der Waals surface area contributed by atoms with Crippen molar-refractivity contribution in [3.8, 4) is 11.1 Å². The first-order valence-corrected chi connectivity index (χ1v) is 13.4. The number of aromatic carboxylic acids is 1. The standard InChI is InChI=1S/C24H22F3N6O3P/c1-33-13-15(11-29-33)14-8-9-19(20(10-14)37(2,3)36)30-21-17(24(25,26)27)12-28-23(32-21)31-18-7-5-4-6-16(18)22(34)35/h4-13H,1-3H3,(H,34,35)(H2,28,30,31,32). The van der Waals surface area contributed by atoms with E-state index in [-0.39, 0.29) is 22.9 Å². The monoisotopic (exact) mass is 530 g/mol. The Morgan fingerprint density at radius 1 is 1.03 bits per heavy atom. The smallest absolute Gasteiger partial charge is 0.421 e. The van der Waals surface area contributed by atoms with Gasteiger partial charge in [0.1, 0.15) is 18.5 Å². The van der Waals surface area contributed by atoms with Crippen molar-refractivity contribution in [3.05, 3.63) is 72.2 Å². The van der Waals surface area contributed by atoms with Crippen molar-refractivity contribution in [2.45, 2.75) is 6.18 Å². The minimum atomic E-state index is -4.79. The van der Waals surface area contributed by atoms with E-state index < -0.39 is 30.7 Å². The van der Waals surface area contributed by atoms with Crippen molar-refractivity contribution in [1.29, 1.82) is 0 Å². The minimum absolute atomic E-state index is 0.105. The molecule has 0 amide bonds. The fourth-order valence-electron chi connectivity index (χ4n) is 3.60. The van der Waals surface area contributed by atoms with Crippen LogP contribution in [-0.4, -0.2) is 44.2 Å². The van der Waals surface area contributed by atoms with E-state index in [0.29, 0.717) is 17.1 Å². The largest absolute Gasteiger partial charge is 0.478 e. The van der Waals surface area contributed by atoms with Gasteiger partial charge in [0.15, 0.2) is 0 Å². The van der Waals surface area contributed by atoms with E-state index >= 15 is 0 Å². The van der Waals surface area contributed by atoms with Crippen LogP contribution >= 0.6 is 7.14 Å². The Hall–Kier alpha value is -4.18. The van der Waals surface area contributed by atoms with Gasteiger partial charge in [0.2, 0.25) is 5.95 Å². The molecule has 9 nitrogen and oxygen atoms in total. The van der Waals surface area contributed by atoms with Crippen molar-refractivity contribution in [1.82, 2.24) is 19.7 Å². The number of aromatic nitrogens is 4. The van der Waals surface area contributed by atoms with Gasteiger partial charge in [-0.1, -0.05) is 18.2 Å². The molecule has 0 aliphatic heterocycles. The summed E-state index contributed by atoms with van der Waals surface area (Å²) in [7, 11) is -1.22. The molecule has 0 unspecified atom stereocenters. The first kappa shape index (κ1) is 25.9. The number of hydrogen-bond donors (Lipinski definition) is 3. The van der Waals surface area contributed by atoms with Crippen LogP contribution in [0.15, 0.2) is 61.1 Å². The number of alkyl halides is 3. The molecule has 4 rings (SSSR count). The Labute approximate surface area is 209 Å². The molecule has 13 heteroatoms. The summed E-state index contributed by atoms with van der Waals surface area (Å²) in [6.45, 7) is 3.03. The number of nitrogens with zero attached hydrogens (tertiary/aromatic N) is 4. The predicted octanol–water partition coefficient (Wildman–Crippen LogP) is 5.33. The van der Waals surface area contributed by atoms with E-state index in [1.165, 1.54) is 37.6 Å². The number of hydrogen-bond acceptors (Lipinski definition) is 7. The first-order chi connectivity index (χ1) is 17.3. The average molecular weight is 530 g/mol. The highest BCUT2D eigenvalue weighted by Crippen LogP contribution is 2.41. The lowest BCUT2D eigenvalue weighted by molar-refractivity contribution is -0.137. The number of carbonyl (C=O) groups is 1. The third-order valence-corrected chi connectivity index (χ3v) is 6.90. The summed E-state index contributed by atoms with van der Waals surface area (Å²) in [6.07, 6.45) is -0.802. The zero-order chi connectivity index (χ0) is 27.0. The van der Waals surface area contributed by atoms with Gasteiger partial charge in [-0.05, 0) is 43.2 Å². The van der Waals surface area contributed by atoms with Crippen molar-refractivity contribution in [2.24, 2.45) is 7.05 Å². The van der Waals surface area contributed by atoms with Gasteiger partial charge in [0.05, 0.1) is 23.1 Å². The molecule has 0 atom stereocenters. The van der Waals surface area contributed by atoms with Crippen LogP contribution < -0.4 is 15.9 Å². The molecular weight excluding hydrogens is 508 g/mol. The topological polar surface area (TPSA) is 122 Å². The van der Waals surface area contributed by atoms with E-state index in [4.69, 9.17) is 0 Å². The third-order valence-electron chi connectivity index (χ3n) is 5.37. The number of rotatable bonds is 7. The summed E-state index contributed by atoms with van der Waals surface area (Å²) in [5.74, 6) is -2.07. The lowest BCUT2D eigenvalue weighted by Gasteiger charge is -2.19. The van der Waals surface area contributed by atoms with Crippen LogP contribution in [0.2, 0.25) is 0 Å². The number of anilines is 4. The van der Waals surface area contributed by atoms with Crippen molar-refractivity contribution < 1.29 is 27.6 Å². The molecule has 4 aromatic rings. The minimum Gasteiger partial charge on any atom is -0.478 e. The molecule has 2 heterocycles. The summed E-state index contributed by atoms with van der Waals surface area (Å²) < 4.78 is 56.2. The quantitative estimate of drug-likeness (QED) is 0.274. The Morgan fingerprint density at radius 2 is 1.76 bits per heavy atom. The average Bonchev–Trinajstić information content (AvgIpc) is 3.24. The number of carboxylic acid groups (broad SMARTS) is 1. The number of carboxylic acids is 1. The zero-order valence-electron chi connectivity index (χ0n) is 19.9. The summed E-state index contributed by atoms with van der Waals surface area (Å²) in [6, 6.07) is 10.7. The Bertz CT molecular complexity index is 1530. The van der Waals surface area contributed by atoms with Crippen LogP contribution in [0.5, 0.6) is 0 Å². The number of benzene rings is 2. The van der Waals surface area contributed by atoms with E-state index in [0.717, 1.165) is 5.56 Å².